The van der Waals surface area contributed by atoms with Crippen LogP contribution in [0.15, 0.2) is 10.6 Å². The van der Waals surface area contributed by atoms with Crippen molar-refractivity contribution in [3.63, 3.8) is 0 Å². The molecule has 2 N–H and O–H groups in total. The van der Waals surface area contributed by atoms with E-state index in [1.165, 1.54) is 0 Å². The van der Waals surface area contributed by atoms with Crippen molar-refractivity contribution in [3.8, 4) is 5.88 Å². The van der Waals surface area contributed by atoms with Crippen LogP contribution in [0.2, 0.25) is 0 Å². The summed E-state index contributed by atoms with van der Waals surface area (Å²) >= 11 is 0. The van der Waals surface area contributed by atoms with E-state index in [1.807, 2.05) is 0 Å². The maximum Gasteiger partial charge on any atom is 0.512 e. The lowest BCUT2D eigenvalue weighted by atomic mass is 10.1. The molecular formula is C14H13F2NO8. The first-order valence-electron chi connectivity index (χ1n) is 6.51. The molecule has 0 radical (unpaired) electrons. The molecule has 0 bridgehead atoms. The summed E-state index contributed by atoms with van der Waals surface area (Å²) < 4.78 is 39.4. The first-order valence-corrected chi connectivity index (χ1v) is 6.51. The van der Waals surface area contributed by atoms with Gasteiger partial charge >= 0.3 is 12.3 Å². The second kappa shape index (κ2) is 7.55. The summed E-state index contributed by atoms with van der Waals surface area (Å²) in [5.41, 5.74) is -1.79. The highest BCUT2D eigenvalue weighted by Gasteiger charge is 2.22. The Bertz CT molecular complexity index is 809. The van der Waals surface area contributed by atoms with Crippen LogP contribution < -0.4 is 4.74 Å². The Balaban J connectivity index is 0.000000333. The molecule has 9 nitrogen and oxygen atoms in total. The molecule has 1 aromatic heterocycles. The molecule has 0 saturated carbocycles. The molecule has 0 aliphatic heterocycles. The van der Waals surface area contributed by atoms with E-state index < -0.39 is 46.6 Å². The molecule has 1 heterocycles. The SMILES string of the molecule is CC(C)(C)OC(=O)O.O=Cc1cc2c(OC(=O)O)noc2c(F)c1F. The van der Waals surface area contributed by atoms with Gasteiger partial charge in [0.15, 0.2) is 12.1 Å². The quantitative estimate of drug-likeness (QED) is 0.608. The average Bonchev–Trinajstić information content (AvgIpc) is 2.83. The van der Waals surface area contributed by atoms with Crippen LogP contribution in [0.25, 0.3) is 11.0 Å². The predicted molar refractivity (Wildman–Crippen MR) is 76.8 cm³/mol. The topological polar surface area (TPSA) is 136 Å². The van der Waals surface area contributed by atoms with Gasteiger partial charge in [-0.05, 0) is 32.0 Å². The van der Waals surface area contributed by atoms with E-state index in [9.17, 15) is 23.2 Å². The Morgan fingerprint density at radius 1 is 1.20 bits per heavy atom. The van der Waals surface area contributed by atoms with Crippen molar-refractivity contribution < 1.29 is 47.4 Å². The summed E-state index contributed by atoms with van der Waals surface area (Å²) in [6, 6.07) is 0.884. The first-order chi connectivity index (χ1) is 11.5. The lowest BCUT2D eigenvalue weighted by Crippen LogP contribution is -2.22. The Hall–Kier alpha value is -3.24. The van der Waals surface area contributed by atoms with Crippen LogP contribution in [0, 0.1) is 11.6 Å². The molecule has 25 heavy (non-hydrogen) atoms. The van der Waals surface area contributed by atoms with Gasteiger partial charge in [0.1, 0.15) is 5.60 Å². The minimum atomic E-state index is -1.70. The number of aldehydes is 1. The Morgan fingerprint density at radius 2 is 1.80 bits per heavy atom. The number of fused-ring (bicyclic) bond motifs is 1. The van der Waals surface area contributed by atoms with Gasteiger partial charge in [0, 0.05) is 0 Å². The number of halogens is 2. The second-order valence-electron chi connectivity index (χ2n) is 5.42. The normalized spacial score (nSPS) is 10.6. The summed E-state index contributed by atoms with van der Waals surface area (Å²) in [7, 11) is 0. The Kier molecular flexibility index (Phi) is 5.98. The molecule has 11 heteroatoms. The van der Waals surface area contributed by atoms with Gasteiger partial charge in [-0.1, -0.05) is 0 Å². The van der Waals surface area contributed by atoms with Gasteiger partial charge in [0.2, 0.25) is 11.4 Å². The summed E-state index contributed by atoms with van der Waals surface area (Å²) in [6.45, 7) is 5.04. The van der Waals surface area contributed by atoms with E-state index in [0.717, 1.165) is 6.07 Å². The summed E-state index contributed by atoms with van der Waals surface area (Å²) in [6.07, 6.45) is -2.84. The molecule has 0 aliphatic rings. The smallest absolute Gasteiger partial charge is 0.450 e. The summed E-state index contributed by atoms with van der Waals surface area (Å²) in [5, 5.41) is 19.3. The minimum absolute atomic E-state index is 0.0788. The molecule has 0 atom stereocenters. The fraction of sp³-hybridized carbons (Fsp3) is 0.286. The number of nitrogens with zero attached hydrogens (tertiary/aromatic N) is 1. The second-order valence-corrected chi connectivity index (χ2v) is 5.42. The number of carbonyl (C=O) groups excluding carboxylic acids is 1. The largest absolute Gasteiger partial charge is 0.512 e. The third-order valence-electron chi connectivity index (χ3n) is 2.34. The van der Waals surface area contributed by atoms with Crippen LogP contribution in [0.3, 0.4) is 0 Å². The van der Waals surface area contributed by atoms with Gasteiger partial charge in [0.05, 0.1) is 10.9 Å². The van der Waals surface area contributed by atoms with Crippen molar-refractivity contribution in [2.75, 3.05) is 0 Å². The standard InChI is InChI=1S/C9H3F2NO5.C5H10O3/c10-5-3(2-13)1-4-7(6(5)11)17-12-8(4)16-9(14)15;1-5(2,3)8-4(6)7/h1-2H,(H,14,15);1-3H3,(H,6,7). The highest BCUT2D eigenvalue weighted by Crippen LogP contribution is 2.30. The molecule has 1 aromatic carbocycles. The van der Waals surface area contributed by atoms with E-state index in [1.54, 1.807) is 20.8 Å². The van der Waals surface area contributed by atoms with Crippen molar-refractivity contribution in [2.24, 2.45) is 0 Å². The van der Waals surface area contributed by atoms with Crippen LogP contribution in [0.4, 0.5) is 18.4 Å². The molecule has 0 unspecified atom stereocenters. The van der Waals surface area contributed by atoms with E-state index >= 15 is 0 Å². The maximum atomic E-state index is 13.3. The zero-order chi connectivity index (χ0) is 19.4. The number of benzene rings is 1. The molecular weight excluding hydrogens is 348 g/mol. The number of hydrogen-bond donors (Lipinski definition) is 2. The van der Waals surface area contributed by atoms with Gasteiger partial charge in [-0.3, -0.25) is 4.79 Å². The number of carboxylic acid groups (broad SMARTS) is 2. The number of hydrogen-bond acceptors (Lipinski definition) is 7. The Morgan fingerprint density at radius 3 is 2.20 bits per heavy atom. The Labute approximate surface area is 138 Å². The van der Waals surface area contributed by atoms with Crippen molar-refractivity contribution in [3.05, 3.63) is 23.3 Å². The molecule has 2 rings (SSSR count). The molecule has 0 fully saturated rings. The van der Waals surface area contributed by atoms with Crippen molar-refractivity contribution in [1.82, 2.24) is 5.16 Å². The van der Waals surface area contributed by atoms with Crippen LogP contribution in [0.1, 0.15) is 31.1 Å². The summed E-state index contributed by atoms with van der Waals surface area (Å²) in [4.78, 5) is 30.5. The van der Waals surface area contributed by atoms with Gasteiger partial charge in [0.25, 0.3) is 5.88 Å². The molecule has 136 valence electrons. The highest BCUT2D eigenvalue weighted by atomic mass is 19.2. The lowest BCUT2D eigenvalue weighted by molar-refractivity contribution is 0.0150. The third kappa shape index (κ3) is 5.41. The fourth-order valence-electron chi connectivity index (χ4n) is 1.52. The van der Waals surface area contributed by atoms with Gasteiger partial charge in [-0.2, -0.15) is 4.39 Å². The zero-order valence-electron chi connectivity index (χ0n) is 13.2. The molecule has 0 aliphatic carbocycles. The minimum Gasteiger partial charge on any atom is -0.450 e. The fourth-order valence-corrected chi connectivity index (χ4v) is 1.52. The van der Waals surface area contributed by atoms with Crippen molar-refractivity contribution in [1.29, 1.82) is 0 Å². The van der Waals surface area contributed by atoms with E-state index in [-0.39, 0.29) is 11.7 Å². The van der Waals surface area contributed by atoms with Crippen molar-refractivity contribution >= 4 is 29.6 Å². The third-order valence-corrected chi connectivity index (χ3v) is 2.34. The monoisotopic (exact) mass is 361 g/mol. The van der Waals surface area contributed by atoms with Crippen LogP contribution in [0.5, 0.6) is 5.88 Å². The van der Waals surface area contributed by atoms with Gasteiger partial charge in [-0.25, -0.2) is 14.0 Å². The number of carbonyl (C=O) groups is 3. The molecule has 0 amide bonds. The van der Waals surface area contributed by atoms with E-state index in [2.05, 4.69) is 19.2 Å². The van der Waals surface area contributed by atoms with E-state index in [0.29, 0.717) is 0 Å². The van der Waals surface area contributed by atoms with Crippen LogP contribution >= 0.6 is 0 Å². The van der Waals surface area contributed by atoms with Gasteiger partial charge in [-0.15, -0.1) is 0 Å². The van der Waals surface area contributed by atoms with Crippen LogP contribution in [-0.4, -0.2) is 39.6 Å². The lowest BCUT2D eigenvalue weighted by Gasteiger charge is -2.15. The zero-order valence-corrected chi connectivity index (χ0v) is 13.2. The first kappa shape index (κ1) is 19.8. The number of aromatic nitrogens is 1. The molecule has 0 spiro atoms. The van der Waals surface area contributed by atoms with Crippen molar-refractivity contribution in [2.45, 2.75) is 26.4 Å². The molecule has 0 saturated heterocycles. The molecule has 2 aromatic rings. The average molecular weight is 361 g/mol. The highest BCUT2D eigenvalue weighted by molar-refractivity contribution is 5.90. The number of ether oxygens (including phenoxy) is 2. The maximum absolute atomic E-state index is 13.3. The van der Waals surface area contributed by atoms with Crippen LogP contribution in [-0.2, 0) is 4.74 Å². The summed E-state index contributed by atoms with van der Waals surface area (Å²) in [5.74, 6) is -3.39. The van der Waals surface area contributed by atoms with Gasteiger partial charge < -0.3 is 24.2 Å². The van der Waals surface area contributed by atoms with E-state index in [4.69, 9.17) is 10.2 Å². The number of rotatable bonds is 2. The predicted octanol–water partition coefficient (Wildman–Crippen LogP) is 3.45.